The summed E-state index contributed by atoms with van der Waals surface area (Å²) in [6.45, 7) is 0. The summed E-state index contributed by atoms with van der Waals surface area (Å²) in [6.07, 6.45) is 1.80. The first-order chi connectivity index (χ1) is 6.75. The Bertz CT molecular complexity index is 343. The lowest BCUT2D eigenvalue weighted by Gasteiger charge is -2.11. The highest BCUT2D eigenvalue weighted by molar-refractivity contribution is 5.90. The van der Waals surface area contributed by atoms with Crippen LogP contribution in [0.2, 0.25) is 0 Å². The Morgan fingerprint density at radius 1 is 0.786 bits per heavy atom. The van der Waals surface area contributed by atoms with Crippen LogP contribution in [-0.2, 0) is 22.4 Å². The van der Waals surface area contributed by atoms with Gasteiger partial charge in [0, 0.05) is 25.7 Å². The van der Waals surface area contributed by atoms with Gasteiger partial charge in [-0.2, -0.15) is 0 Å². The Kier molecular flexibility index (Phi) is 2.44. The van der Waals surface area contributed by atoms with Gasteiger partial charge >= 0.3 is 0 Å². The van der Waals surface area contributed by atoms with Gasteiger partial charge in [0.25, 0.3) is 0 Å². The fraction of sp³-hybridized carbons (Fsp3) is 0.333. The minimum absolute atomic E-state index is 0.172. The maximum absolute atomic E-state index is 11.4. The molecule has 0 unspecified atom stereocenters. The number of hydrogen-bond acceptors (Lipinski definition) is 2. The van der Waals surface area contributed by atoms with Crippen LogP contribution in [0.1, 0.15) is 24.0 Å². The third kappa shape index (κ3) is 1.90. The first-order valence-electron chi connectivity index (χ1n) is 4.86. The quantitative estimate of drug-likeness (QED) is 0.621. The summed E-state index contributed by atoms with van der Waals surface area (Å²) in [5.74, 6) is 0.344. The molecule has 2 heteroatoms. The summed E-state index contributed by atoms with van der Waals surface area (Å²) >= 11 is 0. The number of hydrogen-bond donors (Lipinski definition) is 0. The maximum atomic E-state index is 11.4. The molecule has 0 N–H and O–H groups in total. The van der Waals surface area contributed by atoms with E-state index in [1.54, 1.807) is 0 Å². The number of carbonyl (C=O) groups excluding carboxylic acids is 2. The summed E-state index contributed by atoms with van der Waals surface area (Å²) in [4.78, 5) is 22.8. The minimum Gasteiger partial charge on any atom is -0.299 e. The Morgan fingerprint density at radius 3 is 1.64 bits per heavy atom. The molecule has 0 heterocycles. The molecule has 14 heavy (non-hydrogen) atoms. The SMILES string of the molecule is O=C1CCC(=O)Cc2ccccc2C1. The van der Waals surface area contributed by atoms with E-state index in [1.807, 2.05) is 24.3 Å². The van der Waals surface area contributed by atoms with E-state index in [2.05, 4.69) is 0 Å². The molecule has 0 saturated heterocycles. The van der Waals surface area contributed by atoms with Gasteiger partial charge in [-0.1, -0.05) is 24.3 Å². The zero-order valence-electron chi connectivity index (χ0n) is 7.95. The van der Waals surface area contributed by atoms with Crippen LogP contribution >= 0.6 is 0 Å². The number of rotatable bonds is 0. The van der Waals surface area contributed by atoms with Crippen molar-refractivity contribution in [3.8, 4) is 0 Å². The lowest BCUT2D eigenvalue weighted by Crippen LogP contribution is -2.14. The van der Waals surface area contributed by atoms with E-state index in [0.717, 1.165) is 11.1 Å². The van der Waals surface area contributed by atoms with Crippen LogP contribution in [0.4, 0.5) is 0 Å². The summed E-state index contributed by atoms with van der Waals surface area (Å²) < 4.78 is 0. The van der Waals surface area contributed by atoms with Crippen molar-refractivity contribution in [3.05, 3.63) is 35.4 Å². The fourth-order valence-electron chi connectivity index (χ4n) is 1.78. The molecule has 0 saturated carbocycles. The third-order valence-corrected chi connectivity index (χ3v) is 2.58. The predicted molar refractivity (Wildman–Crippen MR) is 53.1 cm³/mol. The standard InChI is InChI=1S/C12H12O2/c13-11-5-6-12(14)8-10-4-2-1-3-9(10)7-11/h1-4H,5-8H2. The highest BCUT2D eigenvalue weighted by Crippen LogP contribution is 2.16. The number of carbonyl (C=O) groups is 2. The Balaban J connectivity index is 2.37. The number of ketones is 2. The largest absolute Gasteiger partial charge is 0.299 e. The van der Waals surface area contributed by atoms with Crippen molar-refractivity contribution in [2.45, 2.75) is 25.7 Å². The highest BCUT2D eigenvalue weighted by Gasteiger charge is 2.15. The summed E-state index contributed by atoms with van der Waals surface area (Å²) in [7, 11) is 0. The monoisotopic (exact) mass is 188 g/mol. The average molecular weight is 188 g/mol. The Labute approximate surface area is 82.9 Å². The van der Waals surface area contributed by atoms with Gasteiger partial charge in [0.2, 0.25) is 0 Å². The first-order valence-corrected chi connectivity index (χ1v) is 4.86. The zero-order chi connectivity index (χ0) is 9.97. The van der Waals surface area contributed by atoms with Crippen LogP contribution in [-0.4, -0.2) is 11.6 Å². The lowest BCUT2D eigenvalue weighted by atomic mass is 9.92. The van der Waals surface area contributed by atoms with Crippen molar-refractivity contribution >= 4 is 11.6 Å². The molecule has 1 aromatic carbocycles. The third-order valence-electron chi connectivity index (χ3n) is 2.58. The smallest absolute Gasteiger partial charge is 0.137 e. The fourth-order valence-corrected chi connectivity index (χ4v) is 1.78. The summed E-state index contributed by atoms with van der Waals surface area (Å²) in [5, 5.41) is 0. The van der Waals surface area contributed by atoms with E-state index in [-0.39, 0.29) is 11.6 Å². The summed E-state index contributed by atoms with van der Waals surface area (Å²) in [6, 6.07) is 7.70. The Morgan fingerprint density at radius 2 is 1.21 bits per heavy atom. The molecule has 0 fully saturated rings. The van der Waals surface area contributed by atoms with Crippen LogP contribution in [0.5, 0.6) is 0 Å². The van der Waals surface area contributed by atoms with Crippen molar-refractivity contribution in [1.82, 2.24) is 0 Å². The van der Waals surface area contributed by atoms with Gasteiger partial charge in [-0.3, -0.25) is 9.59 Å². The molecule has 2 nitrogen and oxygen atoms in total. The maximum Gasteiger partial charge on any atom is 0.137 e. The van der Waals surface area contributed by atoms with Crippen molar-refractivity contribution in [1.29, 1.82) is 0 Å². The molecular formula is C12H12O2. The van der Waals surface area contributed by atoms with Crippen LogP contribution in [0.3, 0.4) is 0 Å². The van der Waals surface area contributed by atoms with E-state index in [4.69, 9.17) is 0 Å². The number of Topliss-reactive ketones (excluding diaryl/α,β-unsaturated/α-hetero) is 2. The summed E-state index contributed by atoms with van der Waals surface area (Å²) in [5.41, 5.74) is 2.04. The van der Waals surface area contributed by atoms with Crippen LogP contribution in [0, 0.1) is 0 Å². The van der Waals surface area contributed by atoms with Crippen LogP contribution in [0.15, 0.2) is 24.3 Å². The second kappa shape index (κ2) is 3.74. The molecule has 0 amide bonds. The topological polar surface area (TPSA) is 34.1 Å². The van der Waals surface area contributed by atoms with E-state index >= 15 is 0 Å². The normalized spacial score (nSPS) is 17.1. The molecule has 0 aliphatic heterocycles. The molecule has 72 valence electrons. The number of benzene rings is 1. The van der Waals surface area contributed by atoms with E-state index in [0.29, 0.717) is 25.7 Å². The van der Waals surface area contributed by atoms with Gasteiger partial charge in [0.15, 0.2) is 0 Å². The van der Waals surface area contributed by atoms with E-state index < -0.39 is 0 Å². The van der Waals surface area contributed by atoms with E-state index in [9.17, 15) is 9.59 Å². The van der Waals surface area contributed by atoms with E-state index in [1.165, 1.54) is 0 Å². The van der Waals surface area contributed by atoms with Crippen LogP contribution < -0.4 is 0 Å². The second-order valence-electron chi connectivity index (χ2n) is 3.70. The highest BCUT2D eigenvalue weighted by atomic mass is 16.1. The zero-order valence-corrected chi connectivity index (χ0v) is 7.95. The molecule has 0 bridgehead atoms. The lowest BCUT2D eigenvalue weighted by molar-refractivity contribution is -0.124. The molecule has 1 aliphatic carbocycles. The van der Waals surface area contributed by atoms with Gasteiger partial charge in [-0.15, -0.1) is 0 Å². The molecule has 0 atom stereocenters. The van der Waals surface area contributed by atoms with Crippen molar-refractivity contribution in [2.24, 2.45) is 0 Å². The molecule has 0 aromatic heterocycles. The Hall–Kier alpha value is -1.44. The van der Waals surface area contributed by atoms with Crippen molar-refractivity contribution in [2.75, 3.05) is 0 Å². The van der Waals surface area contributed by atoms with Crippen molar-refractivity contribution in [3.63, 3.8) is 0 Å². The molecular weight excluding hydrogens is 176 g/mol. The molecule has 2 rings (SSSR count). The molecule has 0 spiro atoms. The number of fused-ring (bicyclic) bond motifs is 1. The molecule has 1 aromatic rings. The average Bonchev–Trinajstić information content (AvgIpc) is 2.16. The van der Waals surface area contributed by atoms with Gasteiger partial charge in [0.05, 0.1) is 0 Å². The second-order valence-corrected chi connectivity index (χ2v) is 3.70. The van der Waals surface area contributed by atoms with Gasteiger partial charge in [-0.05, 0) is 11.1 Å². The minimum atomic E-state index is 0.172. The molecule has 1 aliphatic rings. The van der Waals surface area contributed by atoms with Gasteiger partial charge in [0.1, 0.15) is 11.6 Å². The van der Waals surface area contributed by atoms with Crippen LogP contribution in [0.25, 0.3) is 0 Å². The van der Waals surface area contributed by atoms with Crippen molar-refractivity contribution < 1.29 is 9.59 Å². The first kappa shape index (κ1) is 9.13. The van der Waals surface area contributed by atoms with Gasteiger partial charge < -0.3 is 0 Å². The predicted octanol–water partition coefficient (Wildman–Crippen LogP) is 1.70. The molecule has 0 radical (unpaired) electrons. The van der Waals surface area contributed by atoms with Gasteiger partial charge in [-0.25, -0.2) is 0 Å².